The minimum absolute atomic E-state index is 0.313. The Bertz CT molecular complexity index is 482. The van der Waals surface area contributed by atoms with Crippen molar-refractivity contribution in [2.45, 2.75) is 52.5 Å². The lowest BCUT2D eigenvalue weighted by Gasteiger charge is -2.39. The Morgan fingerprint density at radius 3 is 2.79 bits per heavy atom. The molecule has 0 aliphatic heterocycles. The maximum absolute atomic E-state index is 5.71. The Labute approximate surface area is 121 Å². The van der Waals surface area contributed by atoms with Gasteiger partial charge in [-0.15, -0.1) is 0 Å². The topological polar surface area (TPSA) is 50.9 Å². The molecule has 2 rings (SSSR count). The van der Waals surface area contributed by atoms with Gasteiger partial charge in [-0.25, -0.2) is 4.98 Å². The Balaban J connectivity index is 2.20. The van der Waals surface area contributed by atoms with Crippen molar-refractivity contribution in [1.82, 2.24) is 4.98 Å². The number of nitrogens with two attached hydrogens (primary N) is 1. The third-order valence-corrected chi connectivity index (χ3v) is 4.30. The van der Waals surface area contributed by atoms with E-state index >= 15 is 0 Å². The minimum Gasteiger partial charge on any atom is -0.389 e. The predicted molar refractivity (Wildman–Crippen MR) is 84.5 cm³/mol. The number of thiocarbonyl (C=S) groups is 1. The van der Waals surface area contributed by atoms with Gasteiger partial charge in [-0.3, -0.25) is 0 Å². The van der Waals surface area contributed by atoms with Crippen LogP contribution in [-0.2, 0) is 0 Å². The Morgan fingerprint density at radius 1 is 1.42 bits per heavy atom. The molecule has 0 saturated heterocycles. The summed E-state index contributed by atoms with van der Waals surface area (Å²) in [5.41, 5.74) is 7.86. The summed E-state index contributed by atoms with van der Waals surface area (Å²) in [6.07, 6.45) is 5.07. The highest BCUT2D eigenvalue weighted by atomic mass is 32.1. The first-order valence-corrected chi connectivity index (χ1v) is 7.34. The van der Waals surface area contributed by atoms with Crippen LogP contribution in [-0.4, -0.2) is 16.0 Å². The van der Waals surface area contributed by atoms with Crippen LogP contribution in [0.4, 0.5) is 5.82 Å². The standard InChI is InChI=1S/C15H23N3S/c1-10-8-11(14(16)19)9-13(17-10)18-12-6-4-5-7-15(12,2)3/h8-9,12H,4-7H2,1-3H3,(H2,16,19)(H,17,18). The van der Waals surface area contributed by atoms with Crippen molar-refractivity contribution in [3.8, 4) is 0 Å². The molecule has 3 N–H and O–H groups in total. The molecule has 0 amide bonds. The molecule has 1 aromatic rings. The van der Waals surface area contributed by atoms with Crippen molar-refractivity contribution in [3.05, 3.63) is 23.4 Å². The summed E-state index contributed by atoms with van der Waals surface area (Å²) < 4.78 is 0. The molecule has 4 heteroatoms. The lowest BCUT2D eigenvalue weighted by atomic mass is 9.73. The van der Waals surface area contributed by atoms with Crippen LogP contribution in [0.15, 0.2) is 12.1 Å². The van der Waals surface area contributed by atoms with E-state index < -0.39 is 0 Å². The van der Waals surface area contributed by atoms with Crippen molar-refractivity contribution in [1.29, 1.82) is 0 Å². The van der Waals surface area contributed by atoms with Gasteiger partial charge in [-0.2, -0.15) is 0 Å². The van der Waals surface area contributed by atoms with Gasteiger partial charge in [0.1, 0.15) is 10.8 Å². The fraction of sp³-hybridized carbons (Fsp3) is 0.600. The summed E-state index contributed by atoms with van der Waals surface area (Å²) in [5, 5.41) is 3.58. The molecule has 0 spiro atoms. The molecular weight excluding hydrogens is 254 g/mol. The van der Waals surface area contributed by atoms with Crippen molar-refractivity contribution >= 4 is 23.0 Å². The molecule has 1 aliphatic rings. The molecule has 1 saturated carbocycles. The molecule has 1 aliphatic carbocycles. The second-order valence-corrected chi connectivity index (χ2v) is 6.62. The molecule has 19 heavy (non-hydrogen) atoms. The molecule has 1 aromatic heterocycles. The zero-order valence-corrected chi connectivity index (χ0v) is 12.8. The largest absolute Gasteiger partial charge is 0.389 e. The Hall–Kier alpha value is -1.16. The van der Waals surface area contributed by atoms with Crippen LogP contribution in [0.3, 0.4) is 0 Å². The van der Waals surface area contributed by atoms with Crippen molar-refractivity contribution in [3.63, 3.8) is 0 Å². The lowest BCUT2D eigenvalue weighted by molar-refractivity contribution is 0.216. The summed E-state index contributed by atoms with van der Waals surface area (Å²) in [7, 11) is 0. The predicted octanol–water partition coefficient (Wildman–Crippen LogP) is 3.40. The fourth-order valence-corrected chi connectivity index (χ4v) is 2.94. The third-order valence-electron chi connectivity index (χ3n) is 4.07. The zero-order chi connectivity index (χ0) is 14.0. The van der Waals surface area contributed by atoms with Gasteiger partial charge in [0.25, 0.3) is 0 Å². The molecule has 104 valence electrons. The molecule has 1 atom stereocenters. The van der Waals surface area contributed by atoms with Crippen LogP contribution in [0.25, 0.3) is 0 Å². The SMILES string of the molecule is Cc1cc(C(N)=S)cc(NC2CCCCC2(C)C)n1. The van der Waals surface area contributed by atoms with E-state index in [-0.39, 0.29) is 0 Å². The third kappa shape index (κ3) is 3.44. The van der Waals surface area contributed by atoms with E-state index in [1.807, 2.05) is 19.1 Å². The molecule has 0 radical (unpaired) electrons. The van der Waals surface area contributed by atoms with Gasteiger partial charge in [-0.05, 0) is 37.3 Å². The number of pyridine rings is 1. The molecule has 0 aromatic carbocycles. The smallest absolute Gasteiger partial charge is 0.127 e. The van der Waals surface area contributed by atoms with Gasteiger partial charge < -0.3 is 11.1 Å². The second kappa shape index (κ2) is 5.45. The molecule has 1 fully saturated rings. The highest BCUT2D eigenvalue weighted by Crippen LogP contribution is 2.37. The van der Waals surface area contributed by atoms with Crippen molar-refractivity contribution in [2.24, 2.45) is 11.1 Å². The number of rotatable bonds is 3. The summed E-state index contributed by atoms with van der Waals surface area (Å²) >= 11 is 5.05. The van der Waals surface area contributed by atoms with E-state index in [1.165, 1.54) is 25.7 Å². The monoisotopic (exact) mass is 277 g/mol. The summed E-state index contributed by atoms with van der Waals surface area (Å²) in [4.78, 5) is 4.98. The van der Waals surface area contributed by atoms with Crippen molar-refractivity contribution < 1.29 is 0 Å². The number of hydrogen-bond donors (Lipinski definition) is 2. The van der Waals surface area contributed by atoms with Gasteiger partial charge in [0.15, 0.2) is 0 Å². The van der Waals surface area contributed by atoms with Crippen LogP contribution in [0.5, 0.6) is 0 Å². The molecule has 0 bridgehead atoms. The molecule has 1 heterocycles. The molecule has 3 nitrogen and oxygen atoms in total. The number of nitrogens with one attached hydrogen (secondary N) is 1. The van der Waals surface area contributed by atoms with Crippen molar-refractivity contribution in [2.75, 3.05) is 5.32 Å². The quantitative estimate of drug-likeness (QED) is 0.831. The number of hydrogen-bond acceptors (Lipinski definition) is 3. The van der Waals surface area contributed by atoms with E-state index in [0.29, 0.717) is 16.4 Å². The van der Waals surface area contributed by atoms with Crippen LogP contribution in [0.2, 0.25) is 0 Å². The summed E-state index contributed by atoms with van der Waals surface area (Å²) in [6, 6.07) is 4.36. The van der Waals surface area contributed by atoms with Gasteiger partial charge in [0.05, 0.1) is 0 Å². The summed E-state index contributed by atoms with van der Waals surface area (Å²) in [5.74, 6) is 0.891. The average molecular weight is 277 g/mol. The van der Waals surface area contributed by atoms with E-state index in [4.69, 9.17) is 18.0 Å². The maximum Gasteiger partial charge on any atom is 0.127 e. The first-order chi connectivity index (χ1) is 8.88. The number of anilines is 1. The van der Waals surface area contributed by atoms with E-state index in [9.17, 15) is 0 Å². The maximum atomic E-state index is 5.71. The van der Waals surface area contributed by atoms with E-state index in [2.05, 4.69) is 24.1 Å². The summed E-state index contributed by atoms with van der Waals surface area (Å²) in [6.45, 7) is 6.63. The van der Waals surface area contributed by atoms with E-state index in [1.54, 1.807) is 0 Å². The van der Waals surface area contributed by atoms with Gasteiger partial charge in [0, 0.05) is 17.3 Å². The highest BCUT2D eigenvalue weighted by Gasteiger charge is 2.32. The normalized spacial score (nSPS) is 21.9. The van der Waals surface area contributed by atoms with Crippen LogP contribution < -0.4 is 11.1 Å². The second-order valence-electron chi connectivity index (χ2n) is 6.18. The van der Waals surface area contributed by atoms with Gasteiger partial charge in [-0.1, -0.05) is 38.9 Å². The zero-order valence-electron chi connectivity index (χ0n) is 12.0. The molecule has 1 unspecified atom stereocenters. The van der Waals surface area contributed by atoms with Gasteiger partial charge >= 0.3 is 0 Å². The van der Waals surface area contributed by atoms with Crippen LogP contribution >= 0.6 is 12.2 Å². The Morgan fingerprint density at radius 2 is 2.16 bits per heavy atom. The lowest BCUT2D eigenvalue weighted by Crippen LogP contribution is -2.39. The van der Waals surface area contributed by atoms with Gasteiger partial charge in [0.2, 0.25) is 0 Å². The number of aryl methyl sites for hydroxylation is 1. The van der Waals surface area contributed by atoms with E-state index in [0.717, 1.165) is 17.1 Å². The first kappa shape index (κ1) is 14.3. The average Bonchev–Trinajstić information content (AvgIpc) is 2.31. The molecular formula is C15H23N3S. The highest BCUT2D eigenvalue weighted by molar-refractivity contribution is 7.80. The van der Waals surface area contributed by atoms with Crippen LogP contribution in [0.1, 0.15) is 50.8 Å². The Kier molecular flexibility index (Phi) is 4.09. The minimum atomic E-state index is 0.313. The number of nitrogens with zero attached hydrogens (tertiary/aromatic N) is 1. The first-order valence-electron chi connectivity index (χ1n) is 6.93. The fourth-order valence-electron chi connectivity index (χ4n) is 2.82. The van der Waals surface area contributed by atoms with Crippen LogP contribution in [0, 0.1) is 12.3 Å². The number of aromatic nitrogens is 1.